The van der Waals surface area contributed by atoms with Gasteiger partial charge in [0.25, 0.3) is 0 Å². The fraction of sp³-hybridized carbons (Fsp3) is 0.0714. The molecule has 0 radical (unpaired) electrons. The van der Waals surface area contributed by atoms with E-state index in [0.717, 1.165) is 16.9 Å². The zero-order valence-corrected chi connectivity index (χ0v) is 11.5. The zero-order chi connectivity index (χ0) is 14.1. The van der Waals surface area contributed by atoms with Crippen molar-refractivity contribution in [3.8, 4) is 6.07 Å². The third kappa shape index (κ3) is 1.85. The van der Waals surface area contributed by atoms with Gasteiger partial charge in [-0.05, 0) is 18.2 Å². The van der Waals surface area contributed by atoms with Crippen LogP contribution in [0.2, 0.25) is 0 Å². The van der Waals surface area contributed by atoms with Gasteiger partial charge in [-0.15, -0.1) is 11.3 Å². The molecule has 0 unspecified atom stereocenters. The van der Waals surface area contributed by atoms with Gasteiger partial charge >= 0.3 is 0 Å². The summed E-state index contributed by atoms with van der Waals surface area (Å²) in [5.74, 6) is 0.585. The predicted octanol–water partition coefficient (Wildman–Crippen LogP) is 2.85. The lowest BCUT2D eigenvalue weighted by Crippen LogP contribution is -2.12. The Kier molecular flexibility index (Phi) is 2.97. The van der Waals surface area contributed by atoms with Gasteiger partial charge in [0.2, 0.25) is 0 Å². The Hall–Kier alpha value is -2.65. The molecule has 3 rings (SSSR count). The summed E-state index contributed by atoms with van der Waals surface area (Å²) in [6.45, 7) is 0. The number of hydrogen-bond acceptors (Lipinski definition) is 5. The Bertz CT molecular complexity index is 827. The van der Waals surface area contributed by atoms with Gasteiger partial charge in [-0.2, -0.15) is 5.26 Å². The summed E-state index contributed by atoms with van der Waals surface area (Å²) in [6, 6.07) is 9.30. The molecule has 0 aliphatic carbocycles. The lowest BCUT2D eigenvalue weighted by molar-refractivity contribution is 0.111. The number of anilines is 2. The molecule has 3 aromatic rings. The number of aldehydes is 1. The van der Waals surface area contributed by atoms with Crippen LogP contribution in [-0.4, -0.2) is 22.7 Å². The van der Waals surface area contributed by atoms with E-state index in [1.54, 1.807) is 16.5 Å². The molecule has 0 spiro atoms. The molecule has 98 valence electrons. The normalized spacial score (nSPS) is 10.4. The molecule has 6 heteroatoms. The fourth-order valence-corrected chi connectivity index (χ4v) is 2.77. The Balaban J connectivity index is 2.12. The molecule has 0 aliphatic rings. The van der Waals surface area contributed by atoms with Gasteiger partial charge in [-0.3, -0.25) is 9.20 Å². The average molecular weight is 282 g/mol. The number of rotatable bonds is 3. The number of nitrogens with zero attached hydrogens (tertiary/aromatic N) is 4. The van der Waals surface area contributed by atoms with E-state index in [-0.39, 0.29) is 0 Å². The lowest BCUT2D eigenvalue weighted by atomic mass is 10.2. The molecule has 5 nitrogen and oxygen atoms in total. The van der Waals surface area contributed by atoms with Gasteiger partial charge in [0.1, 0.15) is 5.69 Å². The van der Waals surface area contributed by atoms with Crippen LogP contribution in [0.1, 0.15) is 16.1 Å². The van der Waals surface area contributed by atoms with E-state index in [9.17, 15) is 4.79 Å². The molecule has 0 saturated carbocycles. The molecule has 0 saturated heterocycles. The topological polar surface area (TPSA) is 61.4 Å². The van der Waals surface area contributed by atoms with Crippen LogP contribution in [-0.2, 0) is 0 Å². The van der Waals surface area contributed by atoms with Crippen molar-refractivity contribution in [3.63, 3.8) is 0 Å². The number of imidazole rings is 1. The second-order valence-corrected chi connectivity index (χ2v) is 5.09. The van der Waals surface area contributed by atoms with Gasteiger partial charge in [0.05, 0.1) is 11.6 Å². The number of benzene rings is 1. The molecule has 1 aromatic carbocycles. The molecule has 0 amide bonds. The number of aromatic nitrogens is 2. The van der Waals surface area contributed by atoms with Crippen LogP contribution in [0.4, 0.5) is 11.5 Å². The summed E-state index contributed by atoms with van der Waals surface area (Å²) < 4.78 is 1.76. The van der Waals surface area contributed by atoms with Crippen molar-refractivity contribution in [3.05, 3.63) is 47.1 Å². The minimum atomic E-state index is 0.506. The summed E-state index contributed by atoms with van der Waals surface area (Å²) in [6.07, 6.45) is 2.62. The van der Waals surface area contributed by atoms with Crippen LogP contribution in [0.25, 0.3) is 4.96 Å². The van der Waals surface area contributed by atoms with Crippen LogP contribution in [0, 0.1) is 11.3 Å². The van der Waals surface area contributed by atoms with Gasteiger partial charge in [-0.1, -0.05) is 6.07 Å². The molecule has 0 aliphatic heterocycles. The number of carbonyl (C=O) groups excluding carboxylic acids is 1. The molecule has 0 atom stereocenters. The van der Waals surface area contributed by atoms with E-state index < -0.39 is 0 Å². The highest BCUT2D eigenvalue weighted by molar-refractivity contribution is 7.15. The van der Waals surface area contributed by atoms with Gasteiger partial charge in [0.15, 0.2) is 17.1 Å². The Morgan fingerprint density at radius 3 is 3.10 bits per heavy atom. The summed E-state index contributed by atoms with van der Waals surface area (Å²) in [5, 5.41) is 10.8. The van der Waals surface area contributed by atoms with Crippen molar-refractivity contribution in [1.82, 2.24) is 9.38 Å². The van der Waals surface area contributed by atoms with Gasteiger partial charge in [0, 0.05) is 24.3 Å². The Labute approximate surface area is 119 Å². The number of fused-ring (bicyclic) bond motifs is 1. The largest absolute Gasteiger partial charge is 0.327 e. The maximum absolute atomic E-state index is 11.3. The van der Waals surface area contributed by atoms with Crippen LogP contribution >= 0.6 is 11.3 Å². The number of thiazole rings is 1. The van der Waals surface area contributed by atoms with Gasteiger partial charge in [-0.25, -0.2) is 4.98 Å². The van der Waals surface area contributed by atoms with Gasteiger partial charge < -0.3 is 4.90 Å². The maximum Gasteiger partial charge on any atom is 0.196 e. The van der Waals surface area contributed by atoms with Crippen LogP contribution < -0.4 is 4.90 Å². The van der Waals surface area contributed by atoms with E-state index in [2.05, 4.69) is 11.1 Å². The first-order valence-electron chi connectivity index (χ1n) is 5.89. The first-order chi connectivity index (χ1) is 9.74. The molecular weight excluding hydrogens is 272 g/mol. The molecule has 0 fully saturated rings. The van der Waals surface area contributed by atoms with Crippen molar-refractivity contribution < 1.29 is 4.79 Å². The first kappa shape index (κ1) is 12.4. The van der Waals surface area contributed by atoms with Crippen LogP contribution in [0.5, 0.6) is 0 Å². The second kappa shape index (κ2) is 4.79. The minimum absolute atomic E-state index is 0.506. The smallest absolute Gasteiger partial charge is 0.196 e. The first-order valence-corrected chi connectivity index (χ1v) is 6.77. The highest BCUT2D eigenvalue weighted by Gasteiger charge is 2.17. The summed E-state index contributed by atoms with van der Waals surface area (Å²) in [7, 11) is 1.83. The van der Waals surface area contributed by atoms with Crippen molar-refractivity contribution in [2.24, 2.45) is 0 Å². The quantitative estimate of drug-likeness (QED) is 0.693. The summed E-state index contributed by atoms with van der Waals surface area (Å²) >= 11 is 1.47. The number of carbonyl (C=O) groups is 1. The lowest BCUT2D eigenvalue weighted by Gasteiger charge is -2.17. The molecule has 0 bridgehead atoms. The van der Waals surface area contributed by atoms with E-state index in [4.69, 9.17) is 5.26 Å². The van der Waals surface area contributed by atoms with Crippen molar-refractivity contribution >= 4 is 34.1 Å². The SMILES string of the molecule is CN(c1cccc(C#N)c1)c1nc2sccn2c1C=O. The third-order valence-corrected chi connectivity index (χ3v) is 3.83. The fourth-order valence-electron chi connectivity index (χ4n) is 2.05. The van der Waals surface area contributed by atoms with E-state index in [0.29, 0.717) is 17.1 Å². The van der Waals surface area contributed by atoms with Crippen LogP contribution in [0.3, 0.4) is 0 Å². The Morgan fingerprint density at radius 1 is 1.50 bits per heavy atom. The summed E-state index contributed by atoms with van der Waals surface area (Å²) in [4.78, 5) is 18.4. The molecule has 2 aromatic heterocycles. The van der Waals surface area contributed by atoms with E-state index >= 15 is 0 Å². The molecule has 2 heterocycles. The Morgan fingerprint density at radius 2 is 2.35 bits per heavy atom. The highest BCUT2D eigenvalue weighted by Crippen LogP contribution is 2.28. The maximum atomic E-state index is 11.3. The van der Waals surface area contributed by atoms with E-state index in [1.807, 2.05) is 35.7 Å². The third-order valence-electron chi connectivity index (χ3n) is 3.07. The zero-order valence-electron chi connectivity index (χ0n) is 10.6. The number of nitriles is 1. The van der Waals surface area contributed by atoms with Crippen molar-refractivity contribution in [2.75, 3.05) is 11.9 Å². The van der Waals surface area contributed by atoms with Crippen molar-refractivity contribution in [1.29, 1.82) is 5.26 Å². The minimum Gasteiger partial charge on any atom is -0.327 e. The molecule has 0 N–H and O–H groups in total. The number of hydrogen-bond donors (Lipinski definition) is 0. The van der Waals surface area contributed by atoms with E-state index in [1.165, 1.54) is 11.3 Å². The van der Waals surface area contributed by atoms with Crippen molar-refractivity contribution in [2.45, 2.75) is 0 Å². The average Bonchev–Trinajstić information content (AvgIpc) is 3.06. The standard InChI is InChI=1S/C14H10N4OS/c1-17(11-4-2-3-10(7-11)8-15)13-12(9-19)18-5-6-20-14(18)16-13/h2-7,9H,1H3. The second-order valence-electron chi connectivity index (χ2n) is 4.22. The van der Waals surface area contributed by atoms with Crippen LogP contribution in [0.15, 0.2) is 35.8 Å². The molecule has 20 heavy (non-hydrogen) atoms. The predicted molar refractivity (Wildman–Crippen MR) is 77.7 cm³/mol. The highest BCUT2D eigenvalue weighted by atomic mass is 32.1. The molecular formula is C14H10N4OS. The summed E-state index contributed by atoms with van der Waals surface area (Å²) in [5.41, 5.74) is 1.90. The monoisotopic (exact) mass is 282 g/mol.